The van der Waals surface area contributed by atoms with Crippen molar-refractivity contribution in [3.63, 3.8) is 0 Å². The van der Waals surface area contributed by atoms with Gasteiger partial charge in [0.15, 0.2) is 0 Å². The van der Waals surface area contributed by atoms with E-state index in [-0.39, 0.29) is 5.97 Å². The van der Waals surface area contributed by atoms with E-state index < -0.39 is 0 Å². The van der Waals surface area contributed by atoms with Crippen molar-refractivity contribution in [2.45, 2.75) is 13.3 Å². The molecule has 0 atom stereocenters. The first-order chi connectivity index (χ1) is 9.58. The van der Waals surface area contributed by atoms with Crippen molar-refractivity contribution in [3.05, 3.63) is 63.6 Å². The minimum Gasteiger partial charge on any atom is -0.462 e. The highest BCUT2D eigenvalue weighted by atomic mass is 79.9. The van der Waals surface area contributed by atoms with Gasteiger partial charge in [0.25, 0.3) is 0 Å². The molecule has 2 N–H and O–H groups in total. The molecule has 0 saturated heterocycles. The fourth-order valence-electron chi connectivity index (χ4n) is 1.90. The van der Waals surface area contributed by atoms with Gasteiger partial charge in [-0.2, -0.15) is 0 Å². The summed E-state index contributed by atoms with van der Waals surface area (Å²) < 4.78 is 6.08. The van der Waals surface area contributed by atoms with Crippen LogP contribution in [-0.2, 0) is 11.2 Å². The number of carbonyl (C=O) groups is 1. The Labute approximate surface area is 126 Å². The zero-order valence-electron chi connectivity index (χ0n) is 11.2. The van der Waals surface area contributed by atoms with Crippen molar-refractivity contribution in [1.82, 2.24) is 0 Å². The molecule has 2 rings (SSSR count). The monoisotopic (exact) mass is 333 g/mol. The average molecular weight is 334 g/mol. The predicted molar refractivity (Wildman–Crippen MR) is 83.7 cm³/mol. The van der Waals surface area contributed by atoms with Crippen LogP contribution in [-0.4, -0.2) is 12.6 Å². The van der Waals surface area contributed by atoms with Gasteiger partial charge in [-0.3, -0.25) is 0 Å². The first-order valence-electron chi connectivity index (χ1n) is 6.34. The highest BCUT2D eigenvalue weighted by Gasteiger charge is 2.13. The maximum Gasteiger partial charge on any atom is 0.338 e. The van der Waals surface area contributed by atoms with Gasteiger partial charge >= 0.3 is 5.97 Å². The largest absolute Gasteiger partial charge is 0.462 e. The fourth-order valence-corrected chi connectivity index (χ4v) is 2.37. The van der Waals surface area contributed by atoms with E-state index in [0.717, 1.165) is 15.6 Å². The zero-order chi connectivity index (χ0) is 14.5. The maximum atomic E-state index is 12.1. The van der Waals surface area contributed by atoms with Crippen LogP contribution in [0, 0.1) is 6.92 Å². The number of benzene rings is 2. The number of carbonyl (C=O) groups excluding carboxylic acids is 1. The standard InChI is InChI=1S/C16H16BrNO2/c1-11-14(9-13(17)10-15(11)18)16(19)20-8-7-12-5-3-2-4-6-12/h2-6,9-10H,7-8,18H2,1H3. The van der Waals surface area contributed by atoms with Gasteiger partial charge in [-0.15, -0.1) is 0 Å². The molecule has 20 heavy (non-hydrogen) atoms. The summed E-state index contributed by atoms with van der Waals surface area (Å²) >= 11 is 3.33. The molecule has 4 heteroatoms. The Hall–Kier alpha value is -1.81. The van der Waals surface area contributed by atoms with Gasteiger partial charge in [0, 0.05) is 16.6 Å². The molecule has 0 aliphatic rings. The number of halogens is 1. The van der Waals surface area contributed by atoms with E-state index in [9.17, 15) is 4.79 Å². The Morgan fingerprint density at radius 2 is 1.95 bits per heavy atom. The van der Waals surface area contributed by atoms with Gasteiger partial charge in [-0.25, -0.2) is 4.79 Å². The highest BCUT2D eigenvalue weighted by Crippen LogP contribution is 2.23. The molecule has 0 aliphatic heterocycles. The molecular weight excluding hydrogens is 318 g/mol. The molecule has 0 aromatic heterocycles. The molecule has 0 heterocycles. The van der Waals surface area contributed by atoms with Gasteiger partial charge < -0.3 is 10.5 Å². The first-order valence-corrected chi connectivity index (χ1v) is 7.14. The Kier molecular flexibility index (Phi) is 4.79. The molecule has 0 bridgehead atoms. The molecule has 2 aromatic carbocycles. The van der Waals surface area contributed by atoms with Crippen molar-refractivity contribution in [2.24, 2.45) is 0 Å². The molecule has 0 amide bonds. The highest BCUT2D eigenvalue weighted by molar-refractivity contribution is 9.10. The average Bonchev–Trinajstić information content (AvgIpc) is 2.44. The van der Waals surface area contributed by atoms with E-state index >= 15 is 0 Å². The van der Waals surface area contributed by atoms with E-state index in [0.29, 0.717) is 24.3 Å². The van der Waals surface area contributed by atoms with Crippen molar-refractivity contribution in [1.29, 1.82) is 0 Å². The number of ether oxygens (including phenoxy) is 1. The molecule has 0 aliphatic carbocycles. The van der Waals surface area contributed by atoms with Crippen LogP contribution in [0.25, 0.3) is 0 Å². The first kappa shape index (κ1) is 14.6. The summed E-state index contributed by atoms with van der Waals surface area (Å²) in [5, 5.41) is 0. The van der Waals surface area contributed by atoms with E-state index in [4.69, 9.17) is 10.5 Å². The van der Waals surface area contributed by atoms with Crippen molar-refractivity contribution in [3.8, 4) is 0 Å². The van der Waals surface area contributed by atoms with Gasteiger partial charge in [0.2, 0.25) is 0 Å². The van der Waals surface area contributed by atoms with Crippen molar-refractivity contribution in [2.75, 3.05) is 12.3 Å². The molecule has 0 fully saturated rings. The molecule has 104 valence electrons. The Morgan fingerprint density at radius 3 is 2.65 bits per heavy atom. The van der Waals surface area contributed by atoms with Crippen LogP contribution in [0.3, 0.4) is 0 Å². The Balaban J connectivity index is 1.99. The number of hydrogen-bond acceptors (Lipinski definition) is 3. The van der Waals surface area contributed by atoms with Crippen LogP contribution in [0.15, 0.2) is 46.9 Å². The summed E-state index contributed by atoms with van der Waals surface area (Å²) in [4.78, 5) is 12.1. The van der Waals surface area contributed by atoms with Crippen LogP contribution in [0.1, 0.15) is 21.5 Å². The lowest BCUT2D eigenvalue weighted by atomic mass is 10.1. The molecule has 3 nitrogen and oxygen atoms in total. The Morgan fingerprint density at radius 1 is 1.25 bits per heavy atom. The lowest BCUT2D eigenvalue weighted by Crippen LogP contribution is -2.11. The van der Waals surface area contributed by atoms with E-state index in [2.05, 4.69) is 15.9 Å². The second-order valence-electron chi connectivity index (χ2n) is 4.54. The second kappa shape index (κ2) is 6.57. The third-order valence-corrected chi connectivity index (χ3v) is 3.56. The topological polar surface area (TPSA) is 52.3 Å². The second-order valence-corrected chi connectivity index (χ2v) is 5.45. The molecule has 0 saturated carbocycles. The number of rotatable bonds is 4. The number of hydrogen-bond donors (Lipinski definition) is 1. The van der Waals surface area contributed by atoms with E-state index in [1.807, 2.05) is 37.3 Å². The predicted octanol–water partition coefficient (Wildman–Crippen LogP) is 3.74. The molecule has 0 radical (unpaired) electrons. The SMILES string of the molecule is Cc1c(N)cc(Br)cc1C(=O)OCCc1ccccc1. The third-order valence-electron chi connectivity index (χ3n) is 3.10. The Bertz CT molecular complexity index is 611. The summed E-state index contributed by atoms with van der Waals surface area (Å²) in [7, 11) is 0. The number of nitrogens with two attached hydrogens (primary N) is 1. The fraction of sp³-hybridized carbons (Fsp3) is 0.188. The normalized spacial score (nSPS) is 10.3. The quantitative estimate of drug-likeness (QED) is 0.685. The van der Waals surface area contributed by atoms with Crippen LogP contribution in [0.4, 0.5) is 5.69 Å². The minimum absolute atomic E-state index is 0.341. The van der Waals surface area contributed by atoms with E-state index in [1.165, 1.54) is 0 Å². The van der Waals surface area contributed by atoms with Gasteiger partial charge in [0.1, 0.15) is 0 Å². The number of anilines is 1. The third kappa shape index (κ3) is 3.61. The maximum absolute atomic E-state index is 12.1. The summed E-state index contributed by atoms with van der Waals surface area (Å²) in [5.41, 5.74) is 8.82. The smallest absolute Gasteiger partial charge is 0.338 e. The van der Waals surface area contributed by atoms with Gasteiger partial charge in [-0.1, -0.05) is 46.3 Å². The minimum atomic E-state index is -0.341. The summed E-state index contributed by atoms with van der Waals surface area (Å²) in [6, 6.07) is 13.4. The summed E-state index contributed by atoms with van der Waals surface area (Å²) in [6.45, 7) is 2.17. The molecule has 2 aromatic rings. The number of esters is 1. The summed E-state index contributed by atoms with van der Waals surface area (Å²) in [6.07, 6.45) is 0.703. The lowest BCUT2D eigenvalue weighted by Gasteiger charge is -2.10. The van der Waals surface area contributed by atoms with Crippen LogP contribution < -0.4 is 5.73 Å². The molecule has 0 spiro atoms. The number of nitrogen functional groups attached to an aromatic ring is 1. The summed E-state index contributed by atoms with van der Waals surface area (Å²) in [5.74, 6) is -0.341. The van der Waals surface area contributed by atoms with Crippen molar-refractivity contribution < 1.29 is 9.53 Å². The zero-order valence-corrected chi connectivity index (χ0v) is 12.8. The van der Waals surface area contributed by atoms with Crippen LogP contribution in [0.2, 0.25) is 0 Å². The van der Waals surface area contributed by atoms with Crippen LogP contribution in [0.5, 0.6) is 0 Å². The van der Waals surface area contributed by atoms with E-state index in [1.54, 1.807) is 12.1 Å². The van der Waals surface area contributed by atoms with Crippen LogP contribution >= 0.6 is 15.9 Å². The van der Waals surface area contributed by atoms with Gasteiger partial charge in [-0.05, 0) is 30.2 Å². The molecule has 0 unspecified atom stereocenters. The lowest BCUT2D eigenvalue weighted by molar-refractivity contribution is 0.0508. The van der Waals surface area contributed by atoms with Crippen molar-refractivity contribution >= 4 is 27.6 Å². The van der Waals surface area contributed by atoms with Gasteiger partial charge in [0.05, 0.1) is 12.2 Å². The molecular formula is C16H16BrNO2.